The number of Topliss-reactive ketones (excluding diaryl/α,β-unsaturated/α-hetero) is 1. The number of fused-ring (bicyclic) bond motifs is 3. The SMILES string of the molecule is CCCN(CCC)C(C)=N[C@H]1CC(O[C@H]2CC(O)(C(=O)CO)Cc3c(O)c4c(c(O)c32)C(=O)c2c(OC)cccc2C4=O)OC(C)[C@H]1O. The summed E-state index contributed by atoms with van der Waals surface area (Å²) in [4.78, 5) is 47.4. The molecule has 1 aliphatic heterocycles. The first kappa shape index (κ1) is 35.4. The van der Waals surface area contributed by atoms with Crippen molar-refractivity contribution in [3.05, 3.63) is 51.6 Å². The van der Waals surface area contributed by atoms with E-state index < -0.39 is 95.7 Å². The van der Waals surface area contributed by atoms with Crippen LogP contribution in [0.4, 0.5) is 0 Å². The van der Waals surface area contributed by atoms with Gasteiger partial charge < -0.3 is 44.6 Å². The van der Waals surface area contributed by atoms with E-state index in [1.165, 1.54) is 25.3 Å². The van der Waals surface area contributed by atoms with Crippen LogP contribution < -0.4 is 4.74 Å². The predicted molar refractivity (Wildman–Crippen MR) is 173 cm³/mol. The first-order chi connectivity index (χ1) is 22.8. The third kappa shape index (κ3) is 6.09. The molecule has 0 radical (unpaired) electrons. The van der Waals surface area contributed by atoms with Gasteiger partial charge in [0.15, 0.2) is 17.9 Å². The summed E-state index contributed by atoms with van der Waals surface area (Å²) in [5.41, 5.74) is -3.60. The lowest BCUT2D eigenvalue weighted by atomic mass is 9.72. The lowest BCUT2D eigenvalue weighted by Gasteiger charge is -2.42. The normalized spacial score (nSPS) is 26.8. The molecule has 5 rings (SSSR count). The molecule has 0 amide bonds. The van der Waals surface area contributed by atoms with Crippen molar-refractivity contribution in [2.24, 2.45) is 4.99 Å². The van der Waals surface area contributed by atoms with Gasteiger partial charge in [0.05, 0.1) is 47.9 Å². The number of methoxy groups -OCH3 is 1. The Morgan fingerprint density at radius 2 is 1.75 bits per heavy atom. The van der Waals surface area contributed by atoms with Gasteiger partial charge in [0.2, 0.25) is 5.78 Å². The fourth-order valence-corrected chi connectivity index (χ4v) is 7.12. The lowest BCUT2D eigenvalue weighted by molar-refractivity contribution is -0.247. The van der Waals surface area contributed by atoms with Crippen LogP contribution in [0.2, 0.25) is 0 Å². The zero-order valence-corrected chi connectivity index (χ0v) is 27.9. The largest absolute Gasteiger partial charge is 0.507 e. The number of phenolic OH excluding ortho intramolecular Hbond substituents is 2. The first-order valence-electron chi connectivity index (χ1n) is 16.3. The van der Waals surface area contributed by atoms with Crippen LogP contribution in [-0.2, 0) is 20.7 Å². The van der Waals surface area contributed by atoms with Crippen molar-refractivity contribution in [1.29, 1.82) is 0 Å². The van der Waals surface area contributed by atoms with E-state index >= 15 is 0 Å². The summed E-state index contributed by atoms with van der Waals surface area (Å²) in [5, 5.41) is 55.6. The number of hydrogen-bond donors (Lipinski definition) is 5. The van der Waals surface area contributed by atoms with Gasteiger partial charge in [0.25, 0.3) is 0 Å². The number of ether oxygens (including phenoxy) is 3. The Morgan fingerprint density at radius 1 is 1.08 bits per heavy atom. The van der Waals surface area contributed by atoms with Crippen LogP contribution in [0, 0.1) is 0 Å². The number of nitrogens with zero attached hydrogens (tertiary/aromatic N) is 2. The Labute approximate surface area is 278 Å². The topological polar surface area (TPSA) is 196 Å². The molecule has 0 spiro atoms. The molecule has 3 unspecified atom stereocenters. The van der Waals surface area contributed by atoms with E-state index in [0.29, 0.717) is 0 Å². The van der Waals surface area contributed by atoms with Crippen LogP contribution >= 0.6 is 0 Å². The number of phenols is 2. The average molecular weight is 669 g/mol. The second kappa shape index (κ2) is 13.9. The Bertz CT molecular complexity index is 1630. The van der Waals surface area contributed by atoms with E-state index in [-0.39, 0.29) is 34.4 Å². The summed E-state index contributed by atoms with van der Waals surface area (Å²) < 4.78 is 17.6. The molecule has 48 heavy (non-hydrogen) atoms. The van der Waals surface area contributed by atoms with Gasteiger partial charge >= 0.3 is 0 Å². The van der Waals surface area contributed by atoms with Gasteiger partial charge in [-0.3, -0.25) is 19.4 Å². The number of aromatic hydroxyl groups is 2. The summed E-state index contributed by atoms with van der Waals surface area (Å²) in [6, 6.07) is 3.76. The monoisotopic (exact) mass is 668 g/mol. The molecule has 5 N–H and O–H groups in total. The van der Waals surface area contributed by atoms with E-state index in [1.807, 2.05) is 6.92 Å². The predicted octanol–water partition coefficient (Wildman–Crippen LogP) is 2.58. The zero-order valence-electron chi connectivity index (χ0n) is 27.9. The minimum Gasteiger partial charge on any atom is -0.507 e. The summed E-state index contributed by atoms with van der Waals surface area (Å²) >= 11 is 0. The Morgan fingerprint density at radius 3 is 2.38 bits per heavy atom. The summed E-state index contributed by atoms with van der Waals surface area (Å²) in [6.07, 6.45) is -3.31. The molecule has 1 heterocycles. The molecule has 1 saturated heterocycles. The van der Waals surface area contributed by atoms with Gasteiger partial charge in [0, 0.05) is 49.0 Å². The Balaban J connectivity index is 1.59. The molecule has 260 valence electrons. The highest BCUT2D eigenvalue weighted by atomic mass is 16.7. The minimum absolute atomic E-state index is 0.0479. The summed E-state index contributed by atoms with van der Waals surface area (Å²) in [5.74, 6) is -2.99. The molecule has 13 heteroatoms. The Hall–Kier alpha value is -3.88. The third-order valence-electron chi connectivity index (χ3n) is 9.53. The maximum Gasteiger partial charge on any atom is 0.202 e. The zero-order chi connectivity index (χ0) is 35.1. The number of aliphatic imine (C=N–C) groups is 1. The van der Waals surface area contributed by atoms with Crippen LogP contribution in [-0.4, -0.2) is 111 Å². The molecular weight excluding hydrogens is 624 g/mol. The number of aliphatic hydroxyl groups excluding tert-OH is 2. The number of ketones is 3. The molecule has 1 fully saturated rings. The van der Waals surface area contributed by atoms with Crippen LogP contribution in [0.1, 0.15) is 102 Å². The quantitative estimate of drug-likeness (QED) is 0.121. The Kier molecular flexibility index (Phi) is 10.3. The van der Waals surface area contributed by atoms with Crippen LogP contribution in [0.15, 0.2) is 23.2 Å². The molecule has 6 atom stereocenters. The van der Waals surface area contributed by atoms with Crippen LogP contribution in [0.5, 0.6) is 17.2 Å². The molecule has 2 aliphatic carbocycles. The molecule has 2 aromatic carbocycles. The second-order valence-corrected chi connectivity index (χ2v) is 12.7. The molecular formula is C35H44N2O11. The molecule has 0 bridgehead atoms. The molecule has 0 aromatic heterocycles. The lowest BCUT2D eigenvalue weighted by Crippen LogP contribution is -2.50. The second-order valence-electron chi connectivity index (χ2n) is 12.7. The van der Waals surface area contributed by atoms with E-state index in [2.05, 4.69) is 18.7 Å². The van der Waals surface area contributed by atoms with Crippen molar-refractivity contribution >= 4 is 23.2 Å². The highest BCUT2D eigenvalue weighted by Gasteiger charge is 2.50. The van der Waals surface area contributed by atoms with Crippen molar-refractivity contribution in [2.45, 2.75) is 96.0 Å². The maximum absolute atomic E-state index is 13.9. The van der Waals surface area contributed by atoms with Crippen LogP contribution in [0.3, 0.4) is 0 Å². The number of amidine groups is 1. The average Bonchev–Trinajstić information content (AvgIpc) is 3.06. The number of benzene rings is 2. The third-order valence-corrected chi connectivity index (χ3v) is 9.53. The van der Waals surface area contributed by atoms with Gasteiger partial charge in [0.1, 0.15) is 35.6 Å². The number of hydrogen-bond acceptors (Lipinski definition) is 12. The number of carbonyl (C=O) groups excluding carboxylic acids is 3. The highest BCUT2D eigenvalue weighted by Crippen LogP contribution is 2.52. The van der Waals surface area contributed by atoms with Gasteiger partial charge in [-0.25, -0.2) is 0 Å². The highest BCUT2D eigenvalue weighted by molar-refractivity contribution is 6.31. The van der Waals surface area contributed by atoms with E-state index in [9.17, 15) is 39.9 Å². The van der Waals surface area contributed by atoms with Gasteiger partial charge in [-0.05, 0) is 32.8 Å². The summed E-state index contributed by atoms with van der Waals surface area (Å²) in [6.45, 7) is 8.23. The first-order valence-corrected chi connectivity index (χ1v) is 16.3. The number of carbonyl (C=O) groups is 3. The van der Waals surface area contributed by atoms with E-state index in [4.69, 9.17) is 19.2 Å². The minimum atomic E-state index is -2.26. The number of rotatable bonds is 10. The van der Waals surface area contributed by atoms with E-state index in [0.717, 1.165) is 31.8 Å². The van der Waals surface area contributed by atoms with E-state index in [1.54, 1.807) is 6.92 Å². The van der Waals surface area contributed by atoms with Crippen molar-refractivity contribution in [2.75, 3.05) is 26.8 Å². The smallest absolute Gasteiger partial charge is 0.202 e. The van der Waals surface area contributed by atoms with Crippen molar-refractivity contribution in [1.82, 2.24) is 4.90 Å². The fraction of sp³-hybridized carbons (Fsp3) is 0.543. The van der Waals surface area contributed by atoms with Gasteiger partial charge in [-0.2, -0.15) is 0 Å². The van der Waals surface area contributed by atoms with Gasteiger partial charge in [-0.1, -0.05) is 26.0 Å². The van der Waals surface area contributed by atoms with Gasteiger partial charge in [-0.15, -0.1) is 0 Å². The molecule has 0 saturated carbocycles. The maximum atomic E-state index is 13.9. The van der Waals surface area contributed by atoms with Crippen LogP contribution in [0.25, 0.3) is 0 Å². The standard InChI is InChI=1S/C35H44N2O11/c1-6-11-37(12-7-2)18(4)36-21-13-25(47-17(3)30(21)40)48-23-15-35(45,24(39)16-38)14-20-27(23)34(44)29-28(32(20)42)31(41)19-9-8-10-22(46-5)26(19)33(29)43/h8-10,17,21,23,25,30,38,40,42,44-45H,6-7,11-16H2,1-5H3/t17?,21-,23-,25?,30+,35?/m0/s1. The van der Waals surface area contributed by atoms with Crippen molar-refractivity contribution < 1.29 is 54.1 Å². The molecule has 13 nitrogen and oxygen atoms in total. The number of aliphatic hydroxyl groups is 3. The van der Waals surface area contributed by atoms with Crippen molar-refractivity contribution in [3.8, 4) is 17.2 Å². The molecule has 2 aromatic rings. The summed E-state index contributed by atoms with van der Waals surface area (Å²) in [7, 11) is 1.34. The fourth-order valence-electron chi connectivity index (χ4n) is 7.12. The molecule has 3 aliphatic rings. The van der Waals surface area contributed by atoms with Crippen molar-refractivity contribution in [3.63, 3.8) is 0 Å².